The molecule has 0 saturated carbocycles. The van der Waals surface area contributed by atoms with Gasteiger partial charge in [-0.15, -0.1) is 0 Å². The molecule has 0 spiro atoms. The van der Waals surface area contributed by atoms with Gasteiger partial charge in [-0.3, -0.25) is 0 Å². The topological polar surface area (TPSA) is 34.4 Å². The minimum absolute atomic E-state index is 0.181. The van der Waals surface area contributed by atoms with Gasteiger partial charge < -0.3 is 14.4 Å². The standard InChI is InChI=1S/C17H27NO2/c1-11-7-14-15(8-17(3,4)9-16(14)19)18(11)12(2)13-5-6-20-10-13/h7,12-13,16,19H,5-6,8-10H2,1-4H3. The normalized spacial score (nSPS) is 30.2. The third kappa shape index (κ3) is 2.31. The van der Waals surface area contributed by atoms with E-state index in [0.717, 1.165) is 38.0 Å². The first-order chi connectivity index (χ1) is 9.39. The van der Waals surface area contributed by atoms with Crippen molar-refractivity contribution < 1.29 is 9.84 Å². The molecule has 2 heterocycles. The zero-order valence-corrected chi connectivity index (χ0v) is 13.1. The Bertz CT molecular complexity index is 497. The lowest BCUT2D eigenvalue weighted by Crippen LogP contribution is -2.29. The molecule has 1 N–H and O–H groups in total. The molecule has 3 atom stereocenters. The molecule has 1 aromatic rings. The van der Waals surface area contributed by atoms with Crippen LogP contribution in [0.1, 0.15) is 62.7 Å². The van der Waals surface area contributed by atoms with Gasteiger partial charge in [0.15, 0.2) is 0 Å². The van der Waals surface area contributed by atoms with E-state index in [-0.39, 0.29) is 11.5 Å². The van der Waals surface area contributed by atoms with Crippen molar-refractivity contribution in [1.29, 1.82) is 0 Å². The van der Waals surface area contributed by atoms with Crippen LogP contribution in [0.15, 0.2) is 6.07 Å². The predicted octanol–water partition coefficient (Wildman–Crippen LogP) is 3.40. The van der Waals surface area contributed by atoms with E-state index in [0.29, 0.717) is 12.0 Å². The maximum absolute atomic E-state index is 10.4. The van der Waals surface area contributed by atoms with E-state index in [4.69, 9.17) is 4.74 Å². The first-order valence-electron chi connectivity index (χ1n) is 7.85. The largest absolute Gasteiger partial charge is 0.388 e. The van der Waals surface area contributed by atoms with Crippen molar-refractivity contribution >= 4 is 0 Å². The molecule has 0 amide bonds. The number of aryl methyl sites for hydroxylation is 1. The second-order valence-corrected chi connectivity index (χ2v) is 7.48. The number of aliphatic hydroxyl groups is 1. The van der Waals surface area contributed by atoms with Gasteiger partial charge in [0.25, 0.3) is 0 Å². The summed E-state index contributed by atoms with van der Waals surface area (Å²) in [6.45, 7) is 10.8. The Morgan fingerprint density at radius 3 is 2.85 bits per heavy atom. The van der Waals surface area contributed by atoms with E-state index < -0.39 is 0 Å². The second kappa shape index (κ2) is 4.88. The van der Waals surface area contributed by atoms with Crippen molar-refractivity contribution in [1.82, 2.24) is 4.57 Å². The number of fused-ring (bicyclic) bond motifs is 1. The lowest BCUT2D eigenvalue weighted by molar-refractivity contribution is 0.0967. The van der Waals surface area contributed by atoms with E-state index in [1.165, 1.54) is 11.4 Å². The summed E-state index contributed by atoms with van der Waals surface area (Å²) >= 11 is 0. The highest BCUT2D eigenvalue weighted by atomic mass is 16.5. The van der Waals surface area contributed by atoms with Crippen LogP contribution in [0.4, 0.5) is 0 Å². The molecule has 1 aromatic heterocycles. The van der Waals surface area contributed by atoms with Crippen LogP contribution in [0.2, 0.25) is 0 Å². The van der Waals surface area contributed by atoms with E-state index >= 15 is 0 Å². The molecule has 2 aliphatic rings. The average molecular weight is 277 g/mol. The zero-order chi connectivity index (χ0) is 14.5. The summed E-state index contributed by atoms with van der Waals surface area (Å²) in [7, 11) is 0. The molecule has 0 bridgehead atoms. The van der Waals surface area contributed by atoms with Gasteiger partial charge in [-0.1, -0.05) is 13.8 Å². The highest BCUT2D eigenvalue weighted by Gasteiger charge is 2.36. The van der Waals surface area contributed by atoms with Gasteiger partial charge in [-0.05, 0) is 44.6 Å². The summed E-state index contributed by atoms with van der Waals surface area (Å²) in [6.07, 6.45) is 2.77. The van der Waals surface area contributed by atoms with Gasteiger partial charge in [-0.2, -0.15) is 0 Å². The fraction of sp³-hybridized carbons (Fsp3) is 0.765. The number of rotatable bonds is 2. The number of aromatic nitrogens is 1. The summed E-state index contributed by atoms with van der Waals surface area (Å²) in [4.78, 5) is 0. The Kier molecular flexibility index (Phi) is 3.46. The Hall–Kier alpha value is -0.800. The molecule has 1 fully saturated rings. The summed E-state index contributed by atoms with van der Waals surface area (Å²) in [6, 6.07) is 2.66. The molecule has 0 aromatic carbocycles. The average Bonchev–Trinajstić information content (AvgIpc) is 2.94. The molecule has 0 radical (unpaired) electrons. The number of hydrogen-bond donors (Lipinski definition) is 1. The molecule has 112 valence electrons. The van der Waals surface area contributed by atoms with E-state index in [1.807, 2.05) is 0 Å². The highest BCUT2D eigenvalue weighted by Crippen LogP contribution is 2.43. The van der Waals surface area contributed by atoms with Crippen LogP contribution < -0.4 is 0 Å². The summed E-state index contributed by atoms with van der Waals surface area (Å²) in [5.41, 5.74) is 3.98. The van der Waals surface area contributed by atoms with Crippen molar-refractivity contribution in [2.24, 2.45) is 11.3 Å². The Morgan fingerprint density at radius 1 is 1.45 bits per heavy atom. The zero-order valence-electron chi connectivity index (χ0n) is 13.1. The minimum Gasteiger partial charge on any atom is -0.388 e. The second-order valence-electron chi connectivity index (χ2n) is 7.48. The molecule has 3 unspecified atom stereocenters. The maximum Gasteiger partial charge on any atom is 0.0812 e. The summed E-state index contributed by atoms with van der Waals surface area (Å²) in [5.74, 6) is 0.604. The summed E-state index contributed by atoms with van der Waals surface area (Å²) < 4.78 is 8.03. The van der Waals surface area contributed by atoms with Gasteiger partial charge in [0.05, 0.1) is 12.7 Å². The molecule has 20 heavy (non-hydrogen) atoms. The van der Waals surface area contributed by atoms with Crippen LogP contribution >= 0.6 is 0 Å². The first-order valence-corrected chi connectivity index (χ1v) is 7.85. The molecule has 1 saturated heterocycles. The molecule has 3 nitrogen and oxygen atoms in total. The SMILES string of the molecule is Cc1cc2c(n1C(C)C1CCOC1)CC(C)(C)CC2O. The Labute approximate surface area is 121 Å². The van der Waals surface area contributed by atoms with Gasteiger partial charge in [0, 0.05) is 35.5 Å². The lowest BCUT2D eigenvalue weighted by atomic mass is 9.75. The van der Waals surface area contributed by atoms with Crippen molar-refractivity contribution in [3.63, 3.8) is 0 Å². The summed E-state index contributed by atoms with van der Waals surface area (Å²) in [5, 5.41) is 10.4. The van der Waals surface area contributed by atoms with E-state index in [9.17, 15) is 5.11 Å². The van der Waals surface area contributed by atoms with Crippen LogP contribution in [0, 0.1) is 18.3 Å². The van der Waals surface area contributed by atoms with Crippen molar-refractivity contribution in [2.45, 2.75) is 59.1 Å². The van der Waals surface area contributed by atoms with Crippen LogP contribution in [-0.2, 0) is 11.2 Å². The van der Waals surface area contributed by atoms with Gasteiger partial charge in [0.1, 0.15) is 0 Å². The predicted molar refractivity (Wildman–Crippen MR) is 79.9 cm³/mol. The minimum atomic E-state index is -0.305. The van der Waals surface area contributed by atoms with Gasteiger partial charge in [0.2, 0.25) is 0 Å². The third-order valence-electron chi connectivity index (χ3n) is 5.17. The van der Waals surface area contributed by atoms with Crippen LogP contribution in [0.3, 0.4) is 0 Å². The molecule has 1 aliphatic heterocycles. The third-order valence-corrected chi connectivity index (χ3v) is 5.17. The number of nitrogens with zero attached hydrogens (tertiary/aromatic N) is 1. The van der Waals surface area contributed by atoms with E-state index in [2.05, 4.69) is 38.3 Å². The van der Waals surface area contributed by atoms with Gasteiger partial charge in [-0.25, -0.2) is 0 Å². The smallest absolute Gasteiger partial charge is 0.0812 e. The molecular weight excluding hydrogens is 250 g/mol. The van der Waals surface area contributed by atoms with Crippen molar-refractivity contribution in [2.75, 3.05) is 13.2 Å². The highest BCUT2D eigenvalue weighted by molar-refractivity contribution is 5.34. The van der Waals surface area contributed by atoms with Gasteiger partial charge >= 0.3 is 0 Å². The van der Waals surface area contributed by atoms with Crippen molar-refractivity contribution in [3.05, 3.63) is 23.0 Å². The Balaban J connectivity index is 1.99. The van der Waals surface area contributed by atoms with E-state index in [1.54, 1.807) is 0 Å². The Morgan fingerprint density at radius 2 is 2.20 bits per heavy atom. The number of aliphatic hydroxyl groups excluding tert-OH is 1. The fourth-order valence-corrected chi connectivity index (χ4v) is 4.08. The molecule has 3 heteroatoms. The van der Waals surface area contributed by atoms with Crippen LogP contribution in [0.5, 0.6) is 0 Å². The van der Waals surface area contributed by atoms with Crippen LogP contribution in [-0.4, -0.2) is 22.9 Å². The molecule has 1 aliphatic carbocycles. The molecule has 3 rings (SSSR count). The van der Waals surface area contributed by atoms with Crippen molar-refractivity contribution in [3.8, 4) is 0 Å². The lowest BCUT2D eigenvalue weighted by Gasteiger charge is -2.35. The monoisotopic (exact) mass is 277 g/mol. The maximum atomic E-state index is 10.4. The first kappa shape index (κ1) is 14.2. The van der Waals surface area contributed by atoms with Crippen LogP contribution in [0.25, 0.3) is 0 Å². The number of hydrogen-bond acceptors (Lipinski definition) is 2. The molecular formula is C17H27NO2. The number of ether oxygens (including phenoxy) is 1. The fourth-order valence-electron chi connectivity index (χ4n) is 4.08. The quantitative estimate of drug-likeness (QED) is 0.899.